The van der Waals surface area contributed by atoms with E-state index in [1.807, 2.05) is 19.1 Å². The Kier molecular flexibility index (Phi) is 3.45. The molecule has 1 atom stereocenters. The first kappa shape index (κ1) is 12.5. The third-order valence-electron chi connectivity index (χ3n) is 2.98. The molecule has 0 saturated carbocycles. The summed E-state index contributed by atoms with van der Waals surface area (Å²) in [6, 6.07) is 6.68. The van der Waals surface area contributed by atoms with Gasteiger partial charge in [-0.25, -0.2) is 0 Å². The first-order valence-corrected chi connectivity index (χ1v) is 6.41. The molecule has 0 amide bonds. The Morgan fingerprint density at radius 2 is 2.00 bits per heavy atom. The molecule has 0 saturated heterocycles. The number of nitrogens with two attached hydrogens (primary N) is 1. The van der Waals surface area contributed by atoms with Crippen molar-refractivity contribution < 1.29 is 0 Å². The van der Waals surface area contributed by atoms with Crippen molar-refractivity contribution in [2.75, 3.05) is 0 Å². The summed E-state index contributed by atoms with van der Waals surface area (Å²) >= 11 is 6.08. The van der Waals surface area contributed by atoms with Crippen LogP contribution in [-0.2, 0) is 6.42 Å². The van der Waals surface area contributed by atoms with Crippen LogP contribution >= 0.6 is 11.6 Å². The molecule has 2 rings (SSSR count). The molecule has 0 fully saturated rings. The summed E-state index contributed by atoms with van der Waals surface area (Å²) < 4.78 is 2.28. The monoisotopic (exact) mass is 250 g/mol. The largest absolute Gasteiger partial charge is 0.345 e. The van der Waals surface area contributed by atoms with Crippen molar-refractivity contribution in [3.63, 3.8) is 0 Å². The number of halogens is 1. The molecule has 0 bridgehead atoms. The molecule has 1 heterocycles. The molecular formula is C14H19ClN2. The van der Waals surface area contributed by atoms with Crippen molar-refractivity contribution in [2.24, 2.45) is 5.73 Å². The van der Waals surface area contributed by atoms with Gasteiger partial charge in [0.2, 0.25) is 0 Å². The number of nitrogens with zero attached hydrogens (tertiary/aromatic N) is 1. The summed E-state index contributed by atoms with van der Waals surface area (Å²) in [7, 11) is 0. The van der Waals surface area contributed by atoms with E-state index in [-0.39, 0.29) is 6.04 Å². The van der Waals surface area contributed by atoms with E-state index in [1.165, 1.54) is 16.5 Å². The predicted octanol–water partition coefficient (Wildman–Crippen LogP) is 3.77. The van der Waals surface area contributed by atoms with E-state index in [4.69, 9.17) is 17.3 Å². The molecule has 2 nitrogen and oxygen atoms in total. The van der Waals surface area contributed by atoms with Crippen LogP contribution in [0.1, 0.15) is 32.4 Å². The summed E-state index contributed by atoms with van der Waals surface area (Å²) in [5.41, 5.74) is 8.42. The van der Waals surface area contributed by atoms with Crippen LogP contribution in [0.4, 0.5) is 0 Å². The Bertz CT molecular complexity index is 526. The lowest BCUT2D eigenvalue weighted by atomic mass is 10.1. The van der Waals surface area contributed by atoms with E-state index in [0.29, 0.717) is 6.04 Å². The van der Waals surface area contributed by atoms with Gasteiger partial charge in [-0.1, -0.05) is 11.6 Å². The lowest BCUT2D eigenvalue weighted by Crippen LogP contribution is -2.17. The zero-order valence-electron chi connectivity index (χ0n) is 10.6. The average Bonchev–Trinajstić information content (AvgIpc) is 2.56. The van der Waals surface area contributed by atoms with Gasteiger partial charge in [-0.15, -0.1) is 0 Å². The number of rotatable bonds is 3. The average molecular weight is 251 g/mol. The highest BCUT2D eigenvalue weighted by molar-refractivity contribution is 6.31. The molecule has 0 aliphatic rings. The standard InChI is InChI=1S/C14H19ClN2/c1-9(2)17-8-11(6-10(3)16)13-7-12(15)4-5-14(13)17/h4-5,7-10H,6,16H2,1-3H3. The number of aromatic nitrogens is 1. The van der Waals surface area contributed by atoms with Crippen LogP contribution in [0.15, 0.2) is 24.4 Å². The topological polar surface area (TPSA) is 30.9 Å². The smallest absolute Gasteiger partial charge is 0.0486 e. The van der Waals surface area contributed by atoms with Gasteiger partial charge in [0.1, 0.15) is 0 Å². The zero-order valence-corrected chi connectivity index (χ0v) is 11.3. The van der Waals surface area contributed by atoms with Gasteiger partial charge < -0.3 is 10.3 Å². The third-order valence-corrected chi connectivity index (χ3v) is 3.21. The Labute approximate surface area is 107 Å². The van der Waals surface area contributed by atoms with Gasteiger partial charge in [-0.2, -0.15) is 0 Å². The second-order valence-electron chi connectivity index (χ2n) is 5.00. The molecule has 1 aromatic heterocycles. The van der Waals surface area contributed by atoms with Crippen molar-refractivity contribution in [2.45, 2.75) is 39.3 Å². The van der Waals surface area contributed by atoms with E-state index in [0.717, 1.165) is 11.4 Å². The fraction of sp³-hybridized carbons (Fsp3) is 0.429. The Morgan fingerprint density at radius 1 is 1.29 bits per heavy atom. The molecule has 17 heavy (non-hydrogen) atoms. The number of benzene rings is 1. The molecule has 92 valence electrons. The minimum Gasteiger partial charge on any atom is -0.345 e. The molecule has 0 aliphatic carbocycles. The van der Waals surface area contributed by atoms with Crippen LogP contribution < -0.4 is 5.73 Å². The second kappa shape index (κ2) is 4.71. The van der Waals surface area contributed by atoms with Crippen LogP contribution in [0.2, 0.25) is 5.02 Å². The van der Waals surface area contributed by atoms with Gasteiger partial charge in [0.05, 0.1) is 0 Å². The van der Waals surface area contributed by atoms with Gasteiger partial charge in [-0.05, 0) is 51.0 Å². The highest BCUT2D eigenvalue weighted by atomic mass is 35.5. The highest BCUT2D eigenvalue weighted by Crippen LogP contribution is 2.28. The fourth-order valence-corrected chi connectivity index (χ4v) is 2.41. The summed E-state index contributed by atoms with van der Waals surface area (Å²) in [4.78, 5) is 0. The molecule has 1 aromatic carbocycles. The molecule has 0 aliphatic heterocycles. The van der Waals surface area contributed by atoms with Crippen molar-refractivity contribution >= 4 is 22.5 Å². The molecular weight excluding hydrogens is 232 g/mol. The molecule has 2 N–H and O–H groups in total. The molecule has 3 heteroatoms. The van der Waals surface area contributed by atoms with E-state index >= 15 is 0 Å². The van der Waals surface area contributed by atoms with Crippen molar-refractivity contribution in [3.8, 4) is 0 Å². The Balaban J connectivity index is 2.62. The summed E-state index contributed by atoms with van der Waals surface area (Å²) in [6.07, 6.45) is 3.09. The van der Waals surface area contributed by atoms with Crippen LogP contribution in [0, 0.1) is 0 Å². The molecule has 2 aromatic rings. The van der Waals surface area contributed by atoms with E-state index in [2.05, 4.69) is 30.7 Å². The maximum Gasteiger partial charge on any atom is 0.0486 e. The summed E-state index contributed by atoms with van der Waals surface area (Å²) in [5.74, 6) is 0. The van der Waals surface area contributed by atoms with Gasteiger partial charge in [-0.3, -0.25) is 0 Å². The Hall–Kier alpha value is -0.990. The van der Waals surface area contributed by atoms with Gasteiger partial charge in [0, 0.05) is 34.2 Å². The third kappa shape index (κ3) is 2.48. The number of hydrogen-bond acceptors (Lipinski definition) is 1. The molecule has 0 radical (unpaired) electrons. The van der Waals surface area contributed by atoms with Crippen molar-refractivity contribution in [3.05, 3.63) is 35.0 Å². The van der Waals surface area contributed by atoms with Crippen LogP contribution in [0.25, 0.3) is 10.9 Å². The normalized spacial score (nSPS) is 13.5. The SMILES string of the molecule is CC(N)Cc1cn(C(C)C)c2ccc(Cl)cc12. The number of fused-ring (bicyclic) bond motifs is 1. The lowest BCUT2D eigenvalue weighted by Gasteiger charge is -2.08. The maximum atomic E-state index is 6.08. The summed E-state index contributed by atoms with van der Waals surface area (Å²) in [6.45, 7) is 6.40. The first-order chi connectivity index (χ1) is 7.99. The fourth-order valence-electron chi connectivity index (χ4n) is 2.23. The second-order valence-corrected chi connectivity index (χ2v) is 5.43. The van der Waals surface area contributed by atoms with Crippen LogP contribution in [-0.4, -0.2) is 10.6 Å². The van der Waals surface area contributed by atoms with E-state index in [1.54, 1.807) is 0 Å². The van der Waals surface area contributed by atoms with E-state index in [9.17, 15) is 0 Å². The van der Waals surface area contributed by atoms with Crippen molar-refractivity contribution in [1.82, 2.24) is 4.57 Å². The predicted molar refractivity (Wildman–Crippen MR) is 74.7 cm³/mol. The van der Waals surface area contributed by atoms with E-state index < -0.39 is 0 Å². The minimum atomic E-state index is 0.167. The Morgan fingerprint density at radius 3 is 2.59 bits per heavy atom. The first-order valence-electron chi connectivity index (χ1n) is 6.03. The van der Waals surface area contributed by atoms with Crippen LogP contribution in [0.3, 0.4) is 0 Å². The highest BCUT2D eigenvalue weighted by Gasteiger charge is 2.11. The number of hydrogen-bond donors (Lipinski definition) is 1. The molecule has 0 spiro atoms. The van der Waals surface area contributed by atoms with Gasteiger partial charge in [0.25, 0.3) is 0 Å². The maximum absolute atomic E-state index is 6.08. The minimum absolute atomic E-state index is 0.167. The summed E-state index contributed by atoms with van der Waals surface area (Å²) in [5, 5.41) is 2.01. The van der Waals surface area contributed by atoms with Gasteiger partial charge >= 0.3 is 0 Å². The van der Waals surface area contributed by atoms with Crippen LogP contribution in [0.5, 0.6) is 0 Å². The van der Waals surface area contributed by atoms with Gasteiger partial charge in [0.15, 0.2) is 0 Å². The van der Waals surface area contributed by atoms with Crippen molar-refractivity contribution in [1.29, 1.82) is 0 Å². The molecule has 1 unspecified atom stereocenters. The lowest BCUT2D eigenvalue weighted by molar-refractivity contribution is 0.618. The zero-order chi connectivity index (χ0) is 12.6. The quantitative estimate of drug-likeness (QED) is 0.884.